The first kappa shape index (κ1) is 18.1. The molecule has 1 aromatic carbocycles. The van der Waals surface area contributed by atoms with E-state index in [1.54, 1.807) is 11.0 Å². The van der Waals surface area contributed by atoms with Crippen LogP contribution in [0.25, 0.3) is 11.0 Å². The lowest BCUT2D eigenvalue weighted by molar-refractivity contribution is 0.0660. The number of carboxylic acids is 1. The summed E-state index contributed by atoms with van der Waals surface area (Å²) in [5.41, 5.74) is 2.06. The van der Waals surface area contributed by atoms with Crippen molar-refractivity contribution in [1.29, 1.82) is 0 Å². The van der Waals surface area contributed by atoms with E-state index < -0.39 is 5.97 Å². The number of furan rings is 1. The van der Waals surface area contributed by atoms with Crippen LogP contribution in [-0.4, -0.2) is 44.6 Å². The van der Waals surface area contributed by atoms with Crippen LogP contribution in [0.2, 0.25) is 0 Å². The number of fused-ring (bicyclic) bond motifs is 1. The standard InChI is InChI=1S/C20H22N4O4/c1-23-16-7-3-2-6-15(16)22-18(23)13-5-4-10-24(12-13)20(27)21-11-14-8-9-17(28-14)19(25)26/h2-3,6-9,13H,4-5,10-12H2,1H3,(H,21,27)(H,25,26)/t13-/m0/s1. The number of aromatic nitrogens is 2. The first-order valence-corrected chi connectivity index (χ1v) is 9.29. The van der Waals surface area contributed by atoms with Crippen LogP contribution in [-0.2, 0) is 13.6 Å². The number of carbonyl (C=O) groups is 2. The summed E-state index contributed by atoms with van der Waals surface area (Å²) in [7, 11) is 2.01. The summed E-state index contributed by atoms with van der Waals surface area (Å²) in [6.07, 6.45) is 1.90. The van der Waals surface area contributed by atoms with Gasteiger partial charge in [-0.05, 0) is 37.1 Å². The number of carboxylic acid groups (broad SMARTS) is 1. The lowest BCUT2D eigenvalue weighted by atomic mass is 9.97. The number of aromatic carboxylic acids is 1. The molecule has 2 N–H and O–H groups in total. The number of benzene rings is 1. The Morgan fingerprint density at radius 3 is 2.86 bits per heavy atom. The van der Waals surface area contributed by atoms with Gasteiger partial charge < -0.3 is 24.3 Å². The highest BCUT2D eigenvalue weighted by atomic mass is 16.4. The number of nitrogens with zero attached hydrogens (tertiary/aromatic N) is 3. The van der Waals surface area contributed by atoms with Crippen molar-refractivity contribution in [2.75, 3.05) is 13.1 Å². The van der Waals surface area contributed by atoms with Crippen molar-refractivity contribution in [3.05, 3.63) is 53.7 Å². The van der Waals surface area contributed by atoms with E-state index in [0.29, 0.717) is 18.8 Å². The molecule has 3 heterocycles. The molecule has 1 aliphatic rings. The van der Waals surface area contributed by atoms with Gasteiger partial charge in [0.2, 0.25) is 5.76 Å². The average Bonchev–Trinajstić information content (AvgIpc) is 3.32. The number of hydrogen-bond donors (Lipinski definition) is 2. The first-order chi connectivity index (χ1) is 13.5. The number of hydrogen-bond acceptors (Lipinski definition) is 4. The van der Waals surface area contributed by atoms with Crippen LogP contribution in [0.1, 0.15) is 40.9 Å². The molecule has 0 aliphatic carbocycles. The van der Waals surface area contributed by atoms with Crippen molar-refractivity contribution >= 4 is 23.0 Å². The summed E-state index contributed by atoms with van der Waals surface area (Å²) >= 11 is 0. The van der Waals surface area contributed by atoms with Crippen LogP contribution in [0.4, 0.5) is 4.79 Å². The van der Waals surface area contributed by atoms with E-state index in [1.807, 2.05) is 31.3 Å². The maximum absolute atomic E-state index is 12.6. The lowest BCUT2D eigenvalue weighted by Gasteiger charge is -2.32. The van der Waals surface area contributed by atoms with E-state index in [4.69, 9.17) is 14.5 Å². The summed E-state index contributed by atoms with van der Waals surface area (Å²) in [5.74, 6) is 0.327. The van der Waals surface area contributed by atoms with Gasteiger partial charge in [0, 0.05) is 26.1 Å². The minimum atomic E-state index is -1.13. The SMILES string of the molecule is Cn1c([C@H]2CCCN(C(=O)NCc3ccc(C(=O)O)o3)C2)nc2ccccc21. The molecule has 1 atom stereocenters. The lowest BCUT2D eigenvalue weighted by Crippen LogP contribution is -2.45. The second kappa shape index (κ2) is 7.38. The third-order valence-electron chi connectivity index (χ3n) is 5.18. The quantitative estimate of drug-likeness (QED) is 0.722. The highest BCUT2D eigenvalue weighted by molar-refractivity contribution is 5.84. The molecular weight excluding hydrogens is 360 g/mol. The molecule has 0 bridgehead atoms. The number of likely N-dealkylation sites (tertiary alicyclic amines) is 1. The molecule has 2 amide bonds. The summed E-state index contributed by atoms with van der Waals surface area (Å²) in [6, 6.07) is 10.8. The van der Waals surface area contributed by atoms with Crippen LogP contribution < -0.4 is 5.32 Å². The third kappa shape index (κ3) is 3.45. The minimum absolute atomic E-state index is 0.135. The predicted octanol–water partition coefficient (Wildman–Crippen LogP) is 2.95. The normalized spacial score (nSPS) is 17.0. The van der Waals surface area contributed by atoms with Gasteiger partial charge in [0.05, 0.1) is 17.6 Å². The Labute approximate surface area is 161 Å². The average molecular weight is 382 g/mol. The number of piperidine rings is 1. The fraction of sp³-hybridized carbons (Fsp3) is 0.350. The number of urea groups is 1. The van der Waals surface area contributed by atoms with Gasteiger partial charge in [-0.25, -0.2) is 14.6 Å². The minimum Gasteiger partial charge on any atom is -0.475 e. The van der Waals surface area contributed by atoms with Gasteiger partial charge in [-0.2, -0.15) is 0 Å². The topological polar surface area (TPSA) is 101 Å². The van der Waals surface area contributed by atoms with Crippen LogP contribution in [0.3, 0.4) is 0 Å². The van der Waals surface area contributed by atoms with Crippen LogP contribution in [0, 0.1) is 0 Å². The maximum atomic E-state index is 12.6. The Morgan fingerprint density at radius 1 is 1.29 bits per heavy atom. The Hall–Kier alpha value is -3.29. The van der Waals surface area contributed by atoms with Gasteiger partial charge in [0.15, 0.2) is 0 Å². The van der Waals surface area contributed by atoms with E-state index in [1.165, 1.54) is 6.07 Å². The zero-order chi connectivity index (χ0) is 19.7. The molecule has 28 heavy (non-hydrogen) atoms. The molecule has 2 aromatic heterocycles. The van der Waals surface area contributed by atoms with E-state index in [-0.39, 0.29) is 24.3 Å². The molecule has 3 aromatic rings. The molecule has 0 radical (unpaired) electrons. The maximum Gasteiger partial charge on any atom is 0.371 e. The van der Waals surface area contributed by atoms with E-state index in [0.717, 1.165) is 29.7 Å². The predicted molar refractivity (Wildman–Crippen MR) is 102 cm³/mol. The number of aryl methyl sites for hydroxylation is 1. The molecule has 146 valence electrons. The molecule has 0 spiro atoms. The molecule has 8 heteroatoms. The van der Waals surface area contributed by atoms with E-state index in [9.17, 15) is 9.59 Å². The van der Waals surface area contributed by atoms with Crippen LogP contribution in [0.5, 0.6) is 0 Å². The van der Waals surface area contributed by atoms with E-state index >= 15 is 0 Å². The number of rotatable bonds is 4. The molecule has 0 unspecified atom stereocenters. The number of nitrogens with one attached hydrogen (secondary N) is 1. The van der Waals surface area contributed by atoms with Gasteiger partial charge in [-0.1, -0.05) is 12.1 Å². The summed E-state index contributed by atoms with van der Waals surface area (Å²) < 4.78 is 7.29. The molecular formula is C20H22N4O4. The number of imidazole rings is 1. The number of carbonyl (C=O) groups excluding carboxylic acids is 1. The molecule has 1 fully saturated rings. The Balaban J connectivity index is 1.41. The summed E-state index contributed by atoms with van der Waals surface area (Å²) in [5, 5.41) is 11.7. The van der Waals surface area contributed by atoms with Gasteiger partial charge in [0.1, 0.15) is 11.6 Å². The van der Waals surface area contributed by atoms with Crippen molar-refractivity contribution in [3.63, 3.8) is 0 Å². The zero-order valence-corrected chi connectivity index (χ0v) is 15.6. The number of amides is 2. The largest absolute Gasteiger partial charge is 0.475 e. The van der Waals surface area contributed by atoms with Crippen molar-refractivity contribution < 1.29 is 19.1 Å². The highest BCUT2D eigenvalue weighted by Crippen LogP contribution is 2.28. The monoisotopic (exact) mass is 382 g/mol. The Kier molecular flexibility index (Phi) is 4.77. The van der Waals surface area contributed by atoms with Crippen molar-refractivity contribution in [1.82, 2.24) is 19.8 Å². The van der Waals surface area contributed by atoms with Crippen molar-refractivity contribution in [2.24, 2.45) is 7.05 Å². The number of para-hydroxylation sites is 2. The highest BCUT2D eigenvalue weighted by Gasteiger charge is 2.28. The fourth-order valence-electron chi connectivity index (χ4n) is 3.76. The van der Waals surface area contributed by atoms with Gasteiger partial charge in [0.25, 0.3) is 0 Å². The third-order valence-corrected chi connectivity index (χ3v) is 5.18. The summed E-state index contributed by atoms with van der Waals surface area (Å²) in [4.78, 5) is 30.0. The van der Waals surface area contributed by atoms with E-state index in [2.05, 4.69) is 9.88 Å². The van der Waals surface area contributed by atoms with Crippen molar-refractivity contribution in [3.8, 4) is 0 Å². The Morgan fingerprint density at radius 2 is 2.11 bits per heavy atom. The molecule has 8 nitrogen and oxygen atoms in total. The summed E-state index contributed by atoms with van der Waals surface area (Å²) in [6.45, 7) is 1.44. The van der Waals surface area contributed by atoms with Crippen molar-refractivity contribution in [2.45, 2.75) is 25.3 Å². The second-order valence-corrected chi connectivity index (χ2v) is 7.03. The van der Waals surface area contributed by atoms with Gasteiger partial charge in [-0.3, -0.25) is 0 Å². The first-order valence-electron chi connectivity index (χ1n) is 9.29. The molecule has 0 saturated carbocycles. The molecule has 1 aliphatic heterocycles. The zero-order valence-electron chi connectivity index (χ0n) is 15.6. The molecule has 4 rings (SSSR count). The van der Waals surface area contributed by atoms with Gasteiger partial charge >= 0.3 is 12.0 Å². The smallest absolute Gasteiger partial charge is 0.371 e. The Bertz CT molecular complexity index is 1020. The second-order valence-electron chi connectivity index (χ2n) is 7.03. The molecule has 1 saturated heterocycles. The van der Waals surface area contributed by atoms with Crippen LogP contribution >= 0.6 is 0 Å². The van der Waals surface area contributed by atoms with Gasteiger partial charge in [-0.15, -0.1) is 0 Å². The fourth-order valence-corrected chi connectivity index (χ4v) is 3.76. The van der Waals surface area contributed by atoms with Crippen LogP contribution in [0.15, 0.2) is 40.8 Å².